The Labute approximate surface area is 161 Å². The van der Waals surface area contributed by atoms with Crippen LogP contribution in [0.15, 0.2) is 30.6 Å². The average molecular weight is 364 g/mol. The summed E-state index contributed by atoms with van der Waals surface area (Å²) in [4.78, 5) is 7.36. The van der Waals surface area contributed by atoms with Crippen molar-refractivity contribution in [2.24, 2.45) is 0 Å². The number of aromatic nitrogens is 2. The number of H-pyrrole nitrogens is 1. The largest absolute Gasteiger partial charge is 0.493 e. The van der Waals surface area contributed by atoms with Gasteiger partial charge in [0.1, 0.15) is 0 Å². The van der Waals surface area contributed by atoms with Crippen molar-refractivity contribution in [2.75, 3.05) is 7.11 Å². The lowest BCUT2D eigenvalue weighted by molar-refractivity contribution is 0.200. The van der Waals surface area contributed by atoms with Crippen LogP contribution >= 0.6 is 0 Å². The van der Waals surface area contributed by atoms with Gasteiger partial charge in [-0.3, -0.25) is 0 Å². The van der Waals surface area contributed by atoms with Gasteiger partial charge in [0.2, 0.25) is 0 Å². The van der Waals surface area contributed by atoms with Crippen LogP contribution < -0.4 is 9.47 Å². The summed E-state index contributed by atoms with van der Waals surface area (Å²) in [6.07, 6.45) is 14.5. The zero-order valence-electron chi connectivity index (χ0n) is 16.1. The van der Waals surface area contributed by atoms with Gasteiger partial charge in [-0.1, -0.05) is 31.2 Å². The van der Waals surface area contributed by atoms with Crippen LogP contribution in [0.2, 0.25) is 0 Å². The van der Waals surface area contributed by atoms with Crippen molar-refractivity contribution >= 4 is 0 Å². The van der Waals surface area contributed by atoms with E-state index >= 15 is 0 Å². The van der Waals surface area contributed by atoms with Crippen LogP contribution in [0.25, 0.3) is 0 Å². The fraction of sp³-hybridized carbons (Fsp3) is 0.522. The highest BCUT2D eigenvalue weighted by molar-refractivity contribution is 5.49. The summed E-state index contributed by atoms with van der Waals surface area (Å²) in [7, 11) is 1.71. The van der Waals surface area contributed by atoms with E-state index in [2.05, 4.69) is 33.9 Å². The summed E-state index contributed by atoms with van der Waals surface area (Å²) in [5.41, 5.74) is 1.11. The number of hydrogen-bond acceptors (Lipinski definition) is 3. The molecule has 2 aromatic rings. The van der Waals surface area contributed by atoms with Crippen LogP contribution in [-0.2, 0) is 5.41 Å². The molecule has 0 aliphatic heterocycles. The van der Waals surface area contributed by atoms with E-state index < -0.39 is 0 Å². The molecular formula is C23H28N2O2. The van der Waals surface area contributed by atoms with Crippen LogP contribution in [0.5, 0.6) is 11.5 Å². The highest BCUT2D eigenvalue weighted by Gasteiger charge is 2.33. The summed E-state index contributed by atoms with van der Waals surface area (Å²) in [6.45, 7) is 0. The predicted octanol–water partition coefficient (Wildman–Crippen LogP) is 4.99. The smallest absolute Gasteiger partial charge is 0.182 e. The second kappa shape index (κ2) is 8.08. The second-order valence-corrected chi connectivity index (χ2v) is 7.72. The number of nitrogens with zero attached hydrogens (tertiary/aromatic N) is 1. The maximum Gasteiger partial charge on any atom is 0.182 e. The number of rotatable bonds is 4. The standard InChI is InChI=1S/C23H28N2O2/c1-26-20-10-9-18(17-21(20)27-19-7-3-4-8-19)23(12-5-2-6-13-23)14-11-22-24-15-16-25-22/h9-10,15-17,19H,2-8,12-13H2,1H3,(H,24,25). The second-order valence-electron chi connectivity index (χ2n) is 7.72. The molecule has 0 unspecified atom stereocenters. The fourth-order valence-electron chi connectivity index (χ4n) is 4.41. The summed E-state index contributed by atoms with van der Waals surface area (Å²) < 4.78 is 11.9. The molecule has 142 valence electrons. The highest BCUT2D eigenvalue weighted by atomic mass is 16.5. The van der Waals surface area contributed by atoms with Crippen LogP contribution in [0.4, 0.5) is 0 Å². The Bertz CT molecular complexity index is 805. The van der Waals surface area contributed by atoms with Crippen molar-refractivity contribution in [3.8, 4) is 23.3 Å². The van der Waals surface area contributed by atoms with Gasteiger partial charge >= 0.3 is 0 Å². The van der Waals surface area contributed by atoms with Gasteiger partial charge in [0, 0.05) is 12.4 Å². The Balaban J connectivity index is 1.68. The van der Waals surface area contributed by atoms with Crippen molar-refractivity contribution in [2.45, 2.75) is 69.3 Å². The Hall–Kier alpha value is -2.41. The molecule has 0 amide bonds. The first kappa shape index (κ1) is 18.0. The molecule has 0 spiro atoms. The molecule has 0 radical (unpaired) electrons. The van der Waals surface area contributed by atoms with Crippen molar-refractivity contribution in [1.82, 2.24) is 9.97 Å². The van der Waals surface area contributed by atoms with E-state index in [1.807, 2.05) is 12.3 Å². The first-order chi connectivity index (χ1) is 13.3. The molecule has 0 bridgehead atoms. The molecule has 4 heteroatoms. The van der Waals surface area contributed by atoms with Crippen LogP contribution in [0.3, 0.4) is 0 Å². The molecule has 2 fully saturated rings. The number of nitrogens with one attached hydrogen (secondary N) is 1. The molecule has 0 saturated heterocycles. The molecule has 2 saturated carbocycles. The van der Waals surface area contributed by atoms with E-state index in [9.17, 15) is 0 Å². The zero-order chi connectivity index (χ0) is 18.5. The lowest BCUT2D eigenvalue weighted by Gasteiger charge is -2.33. The third-order valence-electron chi connectivity index (χ3n) is 5.94. The summed E-state index contributed by atoms with van der Waals surface area (Å²) >= 11 is 0. The molecule has 2 aliphatic carbocycles. The van der Waals surface area contributed by atoms with E-state index in [-0.39, 0.29) is 5.41 Å². The quantitative estimate of drug-likeness (QED) is 0.777. The average Bonchev–Trinajstić information content (AvgIpc) is 3.41. The van der Waals surface area contributed by atoms with E-state index in [1.165, 1.54) is 37.7 Å². The van der Waals surface area contributed by atoms with Gasteiger partial charge in [-0.15, -0.1) is 0 Å². The lowest BCUT2D eigenvalue weighted by Crippen LogP contribution is -2.27. The number of benzene rings is 1. The van der Waals surface area contributed by atoms with Crippen molar-refractivity contribution in [3.05, 3.63) is 42.0 Å². The van der Waals surface area contributed by atoms with E-state index in [1.54, 1.807) is 13.3 Å². The predicted molar refractivity (Wildman–Crippen MR) is 106 cm³/mol. The number of imidazole rings is 1. The van der Waals surface area contributed by atoms with Crippen molar-refractivity contribution in [1.29, 1.82) is 0 Å². The van der Waals surface area contributed by atoms with Crippen LogP contribution in [0, 0.1) is 11.8 Å². The maximum absolute atomic E-state index is 6.33. The first-order valence-corrected chi connectivity index (χ1v) is 10.2. The zero-order valence-corrected chi connectivity index (χ0v) is 16.1. The normalized spacial score (nSPS) is 19.3. The molecule has 27 heavy (non-hydrogen) atoms. The van der Waals surface area contributed by atoms with Gasteiger partial charge in [0.15, 0.2) is 17.3 Å². The molecule has 1 N–H and O–H groups in total. The number of aromatic amines is 1. The number of ether oxygens (including phenoxy) is 2. The Morgan fingerprint density at radius 3 is 2.59 bits per heavy atom. The number of methoxy groups -OCH3 is 1. The SMILES string of the molecule is COc1ccc(C2(C#Cc3ncc[nH]3)CCCCC2)cc1OC1CCCC1. The van der Waals surface area contributed by atoms with E-state index in [0.29, 0.717) is 6.10 Å². The van der Waals surface area contributed by atoms with E-state index in [4.69, 9.17) is 9.47 Å². The van der Waals surface area contributed by atoms with Gasteiger partial charge < -0.3 is 14.5 Å². The fourth-order valence-corrected chi connectivity index (χ4v) is 4.41. The Kier molecular flexibility index (Phi) is 5.38. The minimum absolute atomic E-state index is 0.134. The Morgan fingerprint density at radius 2 is 1.89 bits per heavy atom. The summed E-state index contributed by atoms with van der Waals surface area (Å²) in [5, 5.41) is 0. The minimum Gasteiger partial charge on any atom is -0.493 e. The third kappa shape index (κ3) is 3.98. The highest BCUT2D eigenvalue weighted by Crippen LogP contribution is 2.42. The van der Waals surface area contributed by atoms with Gasteiger partial charge in [0.25, 0.3) is 0 Å². The molecule has 2 aliphatic rings. The molecule has 4 nitrogen and oxygen atoms in total. The third-order valence-corrected chi connectivity index (χ3v) is 5.94. The van der Waals surface area contributed by atoms with Gasteiger partial charge in [-0.2, -0.15) is 0 Å². The maximum atomic E-state index is 6.33. The Morgan fingerprint density at radius 1 is 1.07 bits per heavy atom. The molecule has 4 rings (SSSR count). The van der Waals surface area contributed by atoms with Gasteiger partial charge in [-0.05, 0) is 62.1 Å². The molecule has 1 aromatic heterocycles. The summed E-state index contributed by atoms with van der Waals surface area (Å²) in [5.74, 6) is 9.25. The molecule has 0 atom stereocenters. The monoisotopic (exact) mass is 364 g/mol. The summed E-state index contributed by atoms with van der Waals surface area (Å²) in [6, 6.07) is 6.40. The topological polar surface area (TPSA) is 47.1 Å². The van der Waals surface area contributed by atoms with Crippen LogP contribution in [0.1, 0.15) is 69.2 Å². The van der Waals surface area contributed by atoms with Gasteiger partial charge in [-0.25, -0.2) is 4.98 Å². The van der Waals surface area contributed by atoms with Crippen molar-refractivity contribution in [3.63, 3.8) is 0 Å². The molecule has 1 aromatic carbocycles. The molecular weight excluding hydrogens is 336 g/mol. The van der Waals surface area contributed by atoms with Crippen LogP contribution in [-0.4, -0.2) is 23.2 Å². The minimum atomic E-state index is -0.134. The molecule has 1 heterocycles. The van der Waals surface area contributed by atoms with Crippen molar-refractivity contribution < 1.29 is 9.47 Å². The van der Waals surface area contributed by atoms with E-state index in [0.717, 1.165) is 43.0 Å². The lowest BCUT2D eigenvalue weighted by atomic mass is 9.70. The van der Waals surface area contributed by atoms with Gasteiger partial charge in [0.05, 0.1) is 18.6 Å². The number of hydrogen-bond donors (Lipinski definition) is 1. The first-order valence-electron chi connectivity index (χ1n) is 10.2.